The van der Waals surface area contributed by atoms with Crippen LogP contribution in [0.4, 0.5) is 11.5 Å². The minimum Gasteiger partial charge on any atom is -0.367 e. The molecule has 0 unspecified atom stereocenters. The maximum atomic E-state index is 11.7. The van der Waals surface area contributed by atoms with Gasteiger partial charge < -0.3 is 10.2 Å². The number of aromatic nitrogens is 1. The summed E-state index contributed by atoms with van der Waals surface area (Å²) in [6.07, 6.45) is 6.63. The first kappa shape index (κ1) is 17.0. The average molecular weight is 370 g/mol. The zero-order valence-corrected chi connectivity index (χ0v) is 15.8. The molecule has 1 aromatic carbocycles. The monoisotopic (exact) mass is 370 g/mol. The van der Waals surface area contributed by atoms with Gasteiger partial charge in [-0.2, -0.15) is 0 Å². The Hall–Kier alpha value is -2.41. The molecule has 1 saturated carbocycles. The van der Waals surface area contributed by atoms with Crippen molar-refractivity contribution in [1.29, 1.82) is 0 Å². The highest BCUT2D eigenvalue weighted by Crippen LogP contribution is 2.35. The van der Waals surface area contributed by atoms with Gasteiger partial charge in [0.25, 0.3) is 0 Å². The molecule has 2 aromatic rings. The van der Waals surface area contributed by atoms with Gasteiger partial charge in [-0.05, 0) is 37.5 Å². The Labute approximate surface area is 153 Å². The molecule has 0 atom stereocenters. The van der Waals surface area contributed by atoms with Gasteiger partial charge in [-0.1, -0.05) is 12.1 Å². The van der Waals surface area contributed by atoms with Crippen molar-refractivity contribution in [3.63, 3.8) is 0 Å². The van der Waals surface area contributed by atoms with Crippen molar-refractivity contribution in [1.82, 2.24) is 9.88 Å². The van der Waals surface area contributed by atoms with E-state index in [1.165, 1.54) is 25.5 Å². The van der Waals surface area contributed by atoms with E-state index in [0.717, 1.165) is 34.9 Å². The number of hydrogen-bond donors (Lipinski definition) is 1. The van der Waals surface area contributed by atoms with Crippen molar-refractivity contribution in [2.24, 2.45) is 4.99 Å². The van der Waals surface area contributed by atoms with Crippen LogP contribution >= 0.6 is 0 Å². The maximum Gasteiger partial charge on any atom is 0.175 e. The second-order valence-corrected chi connectivity index (χ2v) is 9.10. The molecule has 4 rings (SSSR count). The molecule has 2 aliphatic rings. The molecule has 0 amide bonds. The normalized spacial score (nSPS) is 16.9. The van der Waals surface area contributed by atoms with Gasteiger partial charge >= 0.3 is 0 Å². The van der Waals surface area contributed by atoms with Crippen LogP contribution in [0.3, 0.4) is 0 Å². The third-order valence-corrected chi connectivity index (χ3v) is 6.05. The number of anilines is 1. The Kier molecular flexibility index (Phi) is 4.19. The fraction of sp³-hybridized carbons (Fsp3) is 0.368. The van der Waals surface area contributed by atoms with Crippen LogP contribution in [-0.4, -0.2) is 44.0 Å². The minimum absolute atomic E-state index is 0.312. The van der Waals surface area contributed by atoms with Gasteiger partial charge in [0.2, 0.25) is 0 Å². The smallest absolute Gasteiger partial charge is 0.175 e. The lowest BCUT2D eigenvalue weighted by Gasteiger charge is -2.30. The molecule has 7 heteroatoms. The lowest BCUT2D eigenvalue weighted by molar-refractivity contribution is 0.442. The van der Waals surface area contributed by atoms with Crippen LogP contribution in [0.1, 0.15) is 24.8 Å². The van der Waals surface area contributed by atoms with Gasteiger partial charge in [0.15, 0.2) is 9.84 Å². The zero-order chi connectivity index (χ0) is 18.3. The summed E-state index contributed by atoms with van der Waals surface area (Å²) in [5.74, 6) is 0.887. The molecule has 1 aromatic heterocycles. The standard InChI is InChI=1S/C19H22N4O2S/c1-23-11-16-18(20-12-23)10-17(22-19(16)21-14-4-3-5-14)13-6-8-15(9-7-13)26(2,24)25/h6-10,12,14H,3-5,11H2,1-2H3,(H,21,22). The van der Waals surface area contributed by atoms with E-state index >= 15 is 0 Å². The maximum absolute atomic E-state index is 11.7. The summed E-state index contributed by atoms with van der Waals surface area (Å²) in [5, 5.41) is 3.57. The summed E-state index contributed by atoms with van der Waals surface area (Å²) in [7, 11) is -1.21. The number of benzene rings is 1. The van der Waals surface area contributed by atoms with Gasteiger partial charge in [0.1, 0.15) is 5.82 Å². The molecular weight excluding hydrogens is 348 g/mol. The molecule has 6 nitrogen and oxygen atoms in total. The Morgan fingerprint density at radius 2 is 1.92 bits per heavy atom. The lowest BCUT2D eigenvalue weighted by atomic mass is 9.93. The van der Waals surface area contributed by atoms with Crippen LogP contribution in [0.25, 0.3) is 11.3 Å². The van der Waals surface area contributed by atoms with Gasteiger partial charge in [-0.25, -0.2) is 18.4 Å². The van der Waals surface area contributed by atoms with Gasteiger partial charge in [0.05, 0.1) is 22.6 Å². The van der Waals surface area contributed by atoms with Crippen molar-refractivity contribution >= 4 is 27.7 Å². The molecule has 1 aliphatic carbocycles. The fourth-order valence-electron chi connectivity index (χ4n) is 3.17. The van der Waals surface area contributed by atoms with Crippen molar-refractivity contribution < 1.29 is 8.42 Å². The van der Waals surface area contributed by atoms with Gasteiger partial charge in [-0.3, -0.25) is 0 Å². The van der Waals surface area contributed by atoms with Crippen LogP contribution in [0.5, 0.6) is 0 Å². The largest absolute Gasteiger partial charge is 0.367 e. The number of aliphatic imine (C=N–C) groups is 1. The molecule has 0 radical (unpaired) electrons. The molecule has 136 valence electrons. The Bertz CT molecular complexity index is 964. The van der Waals surface area contributed by atoms with Crippen LogP contribution in [0.15, 0.2) is 40.2 Å². The van der Waals surface area contributed by atoms with E-state index in [1.807, 2.05) is 24.4 Å². The predicted molar refractivity (Wildman–Crippen MR) is 104 cm³/mol. The minimum atomic E-state index is -3.20. The molecule has 1 fully saturated rings. The molecule has 1 N–H and O–H groups in total. The van der Waals surface area contributed by atoms with Crippen molar-refractivity contribution in [3.8, 4) is 11.3 Å². The Morgan fingerprint density at radius 1 is 1.19 bits per heavy atom. The number of nitrogens with one attached hydrogen (secondary N) is 1. The first-order chi connectivity index (χ1) is 12.4. The van der Waals surface area contributed by atoms with E-state index in [-0.39, 0.29) is 0 Å². The van der Waals surface area contributed by atoms with E-state index in [4.69, 9.17) is 4.98 Å². The van der Waals surface area contributed by atoms with Crippen LogP contribution in [-0.2, 0) is 16.4 Å². The number of sulfone groups is 1. The number of nitrogens with zero attached hydrogens (tertiary/aromatic N) is 3. The molecule has 2 heterocycles. The summed E-state index contributed by atoms with van der Waals surface area (Å²) in [5.41, 5.74) is 3.71. The van der Waals surface area contributed by atoms with Crippen molar-refractivity contribution in [2.75, 3.05) is 18.6 Å². The van der Waals surface area contributed by atoms with Gasteiger partial charge in [0, 0.05) is 37.0 Å². The Morgan fingerprint density at radius 3 is 2.54 bits per heavy atom. The van der Waals surface area contributed by atoms with E-state index < -0.39 is 9.84 Å². The number of rotatable bonds is 4. The van der Waals surface area contributed by atoms with Crippen molar-refractivity contribution in [2.45, 2.75) is 36.7 Å². The van der Waals surface area contributed by atoms with Crippen LogP contribution in [0.2, 0.25) is 0 Å². The number of hydrogen-bond acceptors (Lipinski definition) is 6. The molecular formula is C19H22N4O2S. The number of pyridine rings is 1. The highest BCUT2D eigenvalue weighted by molar-refractivity contribution is 7.90. The average Bonchev–Trinajstić information content (AvgIpc) is 2.57. The summed E-state index contributed by atoms with van der Waals surface area (Å²) in [6.45, 7) is 0.772. The fourth-order valence-corrected chi connectivity index (χ4v) is 3.80. The first-order valence-electron chi connectivity index (χ1n) is 8.75. The molecule has 1 aliphatic heterocycles. The molecule has 0 spiro atoms. The zero-order valence-electron chi connectivity index (χ0n) is 14.9. The SMILES string of the molecule is CN1C=Nc2cc(-c3ccc(S(C)(=O)=O)cc3)nc(NC3CCC3)c2C1. The molecule has 26 heavy (non-hydrogen) atoms. The van der Waals surface area contributed by atoms with Crippen molar-refractivity contribution in [3.05, 3.63) is 35.9 Å². The van der Waals surface area contributed by atoms with E-state index in [9.17, 15) is 8.42 Å². The highest BCUT2D eigenvalue weighted by Gasteiger charge is 2.23. The Balaban J connectivity index is 1.75. The van der Waals surface area contributed by atoms with Crippen LogP contribution < -0.4 is 5.32 Å². The third kappa shape index (κ3) is 3.31. The van der Waals surface area contributed by atoms with E-state index in [0.29, 0.717) is 10.9 Å². The topological polar surface area (TPSA) is 74.7 Å². The number of fused-ring (bicyclic) bond motifs is 1. The summed E-state index contributed by atoms with van der Waals surface area (Å²) in [4.78, 5) is 11.7. The summed E-state index contributed by atoms with van der Waals surface area (Å²) < 4.78 is 23.3. The summed E-state index contributed by atoms with van der Waals surface area (Å²) >= 11 is 0. The third-order valence-electron chi connectivity index (χ3n) is 4.93. The predicted octanol–water partition coefficient (Wildman–Crippen LogP) is 3.22. The second kappa shape index (κ2) is 6.39. The first-order valence-corrected chi connectivity index (χ1v) is 10.6. The lowest BCUT2D eigenvalue weighted by Crippen LogP contribution is -2.29. The van der Waals surface area contributed by atoms with Gasteiger partial charge in [-0.15, -0.1) is 0 Å². The van der Waals surface area contributed by atoms with Crippen LogP contribution in [0, 0.1) is 0 Å². The summed E-state index contributed by atoms with van der Waals surface area (Å²) in [6, 6.07) is 9.31. The molecule has 0 saturated heterocycles. The molecule has 0 bridgehead atoms. The van der Waals surface area contributed by atoms with E-state index in [2.05, 4.69) is 10.3 Å². The quantitative estimate of drug-likeness (QED) is 0.894. The highest BCUT2D eigenvalue weighted by atomic mass is 32.2. The van der Waals surface area contributed by atoms with E-state index in [1.54, 1.807) is 24.3 Å². The second-order valence-electron chi connectivity index (χ2n) is 7.08.